The molecule has 3 heteroatoms. The van der Waals surface area contributed by atoms with Gasteiger partial charge in [0.2, 0.25) is 0 Å². The Morgan fingerprint density at radius 3 is 2.62 bits per heavy atom. The summed E-state index contributed by atoms with van der Waals surface area (Å²) in [6.45, 7) is 6.66. The van der Waals surface area contributed by atoms with E-state index < -0.39 is 0 Å². The first-order valence-electron chi connectivity index (χ1n) is 7.87. The first-order chi connectivity index (χ1) is 10.0. The van der Waals surface area contributed by atoms with Gasteiger partial charge < -0.3 is 9.47 Å². The molecule has 0 N–H and O–H groups in total. The van der Waals surface area contributed by atoms with Crippen molar-refractivity contribution in [3.8, 4) is 5.75 Å². The first kappa shape index (κ1) is 15.9. The summed E-state index contributed by atoms with van der Waals surface area (Å²) in [7, 11) is 1.58. The van der Waals surface area contributed by atoms with Gasteiger partial charge in [0, 0.05) is 0 Å². The summed E-state index contributed by atoms with van der Waals surface area (Å²) in [4.78, 5) is 12.5. The van der Waals surface area contributed by atoms with Crippen LogP contribution in [0.1, 0.15) is 50.4 Å². The van der Waals surface area contributed by atoms with E-state index in [1.807, 2.05) is 12.1 Å². The van der Waals surface area contributed by atoms with Crippen molar-refractivity contribution in [3.05, 3.63) is 29.8 Å². The standard InChI is InChI=1S/C18H26O3/c1-12(2)14-10-9-13(3)11-17(14)21-18(19)15-7-5-6-8-16(15)20-4/h5-8,12-14,17H,9-11H2,1-4H3/t13-,14+,17+/m0/s1. The molecule has 116 valence electrons. The third-order valence-corrected chi connectivity index (χ3v) is 4.55. The highest BCUT2D eigenvalue weighted by molar-refractivity contribution is 5.92. The maximum atomic E-state index is 12.5. The number of rotatable bonds is 4. The minimum atomic E-state index is -0.266. The largest absolute Gasteiger partial charge is 0.496 e. The number of esters is 1. The van der Waals surface area contributed by atoms with E-state index in [1.165, 1.54) is 6.42 Å². The van der Waals surface area contributed by atoms with E-state index >= 15 is 0 Å². The van der Waals surface area contributed by atoms with Crippen LogP contribution >= 0.6 is 0 Å². The molecule has 1 aromatic rings. The van der Waals surface area contributed by atoms with E-state index in [4.69, 9.17) is 9.47 Å². The quantitative estimate of drug-likeness (QED) is 0.775. The summed E-state index contributed by atoms with van der Waals surface area (Å²) in [5.74, 6) is 1.92. The Morgan fingerprint density at radius 2 is 1.95 bits per heavy atom. The predicted molar refractivity (Wildman–Crippen MR) is 83.5 cm³/mol. The zero-order chi connectivity index (χ0) is 15.4. The van der Waals surface area contributed by atoms with E-state index in [9.17, 15) is 4.79 Å². The number of hydrogen-bond acceptors (Lipinski definition) is 3. The summed E-state index contributed by atoms with van der Waals surface area (Å²) < 4.78 is 11.1. The number of methoxy groups -OCH3 is 1. The molecule has 0 radical (unpaired) electrons. The maximum Gasteiger partial charge on any atom is 0.342 e. The van der Waals surface area contributed by atoms with Crippen LogP contribution in [0.15, 0.2) is 24.3 Å². The van der Waals surface area contributed by atoms with Crippen molar-refractivity contribution in [1.29, 1.82) is 0 Å². The molecule has 0 amide bonds. The lowest BCUT2D eigenvalue weighted by Crippen LogP contribution is -2.35. The van der Waals surface area contributed by atoms with Crippen LogP contribution in [0.25, 0.3) is 0 Å². The fraction of sp³-hybridized carbons (Fsp3) is 0.611. The van der Waals surface area contributed by atoms with Crippen LogP contribution in [0, 0.1) is 17.8 Å². The van der Waals surface area contributed by atoms with Crippen LogP contribution < -0.4 is 4.74 Å². The lowest BCUT2D eigenvalue weighted by Gasteiger charge is -2.36. The van der Waals surface area contributed by atoms with Crippen LogP contribution in [-0.2, 0) is 4.74 Å². The Bertz CT molecular complexity index is 481. The van der Waals surface area contributed by atoms with E-state index in [-0.39, 0.29) is 12.1 Å². The number of ether oxygens (including phenoxy) is 2. The van der Waals surface area contributed by atoms with Crippen molar-refractivity contribution in [2.75, 3.05) is 7.11 Å². The number of benzene rings is 1. The van der Waals surface area contributed by atoms with Crippen LogP contribution in [0.4, 0.5) is 0 Å². The number of carbonyl (C=O) groups excluding carboxylic acids is 1. The normalized spacial score (nSPS) is 25.7. The van der Waals surface area contributed by atoms with Crippen molar-refractivity contribution in [2.45, 2.75) is 46.1 Å². The molecule has 0 aliphatic heterocycles. The highest BCUT2D eigenvalue weighted by atomic mass is 16.5. The molecule has 0 saturated heterocycles. The molecule has 2 rings (SSSR count). The second kappa shape index (κ2) is 6.97. The van der Waals surface area contributed by atoms with E-state index in [1.54, 1.807) is 19.2 Å². The highest BCUT2D eigenvalue weighted by Crippen LogP contribution is 2.36. The maximum absolute atomic E-state index is 12.5. The van der Waals surface area contributed by atoms with Crippen LogP contribution in [-0.4, -0.2) is 19.2 Å². The fourth-order valence-corrected chi connectivity index (χ4v) is 3.26. The number of carbonyl (C=O) groups is 1. The molecule has 3 nitrogen and oxygen atoms in total. The van der Waals surface area contributed by atoms with Gasteiger partial charge in [0.15, 0.2) is 0 Å². The van der Waals surface area contributed by atoms with Gasteiger partial charge in [0.1, 0.15) is 17.4 Å². The minimum Gasteiger partial charge on any atom is -0.496 e. The van der Waals surface area contributed by atoms with Crippen LogP contribution in [0.5, 0.6) is 5.75 Å². The van der Waals surface area contributed by atoms with Gasteiger partial charge in [-0.1, -0.05) is 39.3 Å². The SMILES string of the molecule is COc1ccccc1C(=O)O[C@@H]1C[C@@H](C)CC[C@@H]1C(C)C. The summed E-state index contributed by atoms with van der Waals surface area (Å²) >= 11 is 0. The average molecular weight is 290 g/mol. The molecule has 1 aliphatic rings. The number of para-hydroxylation sites is 1. The molecule has 1 saturated carbocycles. The summed E-state index contributed by atoms with van der Waals surface area (Å²) in [5, 5.41) is 0. The van der Waals surface area contributed by atoms with Gasteiger partial charge in [0.05, 0.1) is 7.11 Å². The van der Waals surface area contributed by atoms with Gasteiger partial charge in [-0.3, -0.25) is 0 Å². The molecule has 0 spiro atoms. The molecule has 0 aromatic heterocycles. The Hall–Kier alpha value is -1.51. The first-order valence-corrected chi connectivity index (χ1v) is 7.87. The summed E-state index contributed by atoms with van der Waals surface area (Å²) in [5.41, 5.74) is 0.515. The smallest absolute Gasteiger partial charge is 0.342 e. The fourth-order valence-electron chi connectivity index (χ4n) is 3.26. The summed E-state index contributed by atoms with van der Waals surface area (Å²) in [6, 6.07) is 7.25. The Balaban J connectivity index is 2.12. The van der Waals surface area contributed by atoms with Crippen LogP contribution in [0.2, 0.25) is 0 Å². The van der Waals surface area contributed by atoms with Crippen molar-refractivity contribution >= 4 is 5.97 Å². The Kier molecular flexibility index (Phi) is 5.27. The Morgan fingerprint density at radius 1 is 1.24 bits per heavy atom. The van der Waals surface area contributed by atoms with Gasteiger partial charge in [-0.2, -0.15) is 0 Å². The topological polar surface area (TPSA) is 35.5 Å². The van der Waals surface area contributed by atoms with Gasteiger partial charge >= 0.3 is 5.97 Å². The van der Waals surface area contributed by atoms with E-state index in [2.05, 4.69) is 20.8 Å². The minimum absolute atomic E-state index is 0.0196. The third kappa shape index (κ3) is 3.78. The van der Waals surface area contributed by atoms with Crippen molar-refractivity contribution < 1.29 is 14.3 Å². The molecule has 0 heterocycles. The molecule has 0 unspecified atom stereocenters. The molecule has 1 aliphatic carbocycles. The van der Waals surface area contributed by atoms with Crippen molar-refractivity contribution in [2.24, 2.45) is 17.8 Å². The second-order valence-electron chi connectivity index (χ2n) is 6.47. The molecule has 1 aromatic carbocycles. The van der Waals surface area contributed by atoms with Gasteiger partial charge in [-0.25, -0.2) is 4.79 Å². The molecule has 1 fully saturated rings. The monoisotopic (exact) mass is 290 g/mol. The Labute approximate surface area is 127 Å². The zero-order valence-electron chi connectivity index (χ0n) is 13.5. The average Bonchev–Trinajstić information content (AvgIpc) is 2.46. The molecule has 0 bridgehead atoms. The molecule has 3 atom stereocenters. The van der Waals surface area contributed by atoms with Gasteiger partial charge in [0.25, 0.3) is 0 Å². The van der Waals surface area contributed by atoms with E-state index in [0.717, 1.165) is 12.8 Å². The number of hydrogen-bond donors (Lipinski definition) is 0. The van der Waals surface area contributed by atoms with Gasteiger partial charge in [-0.15, -0.1) is 0 Å². The van der Waals surface area contributed by atoms with Crippen molar-refractivity contribution in [3.63, 3.8) is 0 Å². The predicted octanol–water partition coefficient (Wildman–Crippen LogP) is 4.31. The van der Waals surface area contributed by atoms with Gasteiger partial charge in [-0.05, 0) is 42.7 Å². The highest BCUT2D eigenvalue weighted by Gasteiger charge is 2.33. The summed E-state index contributed by atoms with van der Waals surface area (Å²) in [6.07, 6.45) is 3.35. The second-order valence-corrected chi connectivity index (χ2v) is 6.47. The van der Waals surface area contributed by atoms with Crippen molar-refractivity contribution in [1.82, 2.24) is 0 Å². The third-order valence-electron chi connectivity index (χ3n) is 4.55. The zero-order valence-corrected chi connectivity index (χ0v) is 13.5. The lowest BCUT2D eigenvalue weighted by molar-refractivity contribution is -0.0176. The van der Waals surface area contributed by atoms with Crippen LogP contribution in [0.3, 0.4) is 0 Å². The molecular weight excluding hydrogens is 264 g/mol. The lowest BCUT2D eigenvalue weighted by atomic mass is 9.75. The molecule has 21 heavy (non-hydrogen) atoms. The molecular formula is C18H26O3. The van der Waals surface area contributed by atoms with E-state index in [0.29, 0.717) is 29.1 Å².